The van der Waals surface area contributed by atoms with Crippen molar-refractivity contribution in [3.8, 4) is 0 Å². The number of hydrogen-bond acceptors (Lipinski definition) is 2. The van der Waals surface area contributed by atoms with Crippen LogP contribution in [0.5, 0.6) is 0 Å². The molecule has 0 aromatic carbocycles. The van der Waals surface area contributed by atoms with Crippen molar-refractivity contribution >= 4 is 11.1 Å². The molecule has 22 heavy (non-hydrogen) atoms. The second-order valence-corrected chi connectivity index (χ2v) is 7.30. The molecular formula is C17H30FNO2S. The quantitative estimate of drug-likeness (QED) is 0.615. The number of allylic oxidation sites excluding steroid dienone is 3. The smallest absolute Gasteiger partial charge is 0.152 e. The van der Waals surface area contributed by atoms with E-state index in [1.165, 1.54) is 5.70 Å². The average molecular weight is 331 g/mol. The second kappa shape index (κ2) is 10.2. The maximum absolute atomic E-state index is 12.8. The van der Waals surface area contributed by atoms with E-state index in [2.05, 4.69) is 37.0 Å². The lowest BCUT2D eigenvalue weighted by Crippen LogP contribution is -2.27. The third-order valence-electron chi connectivity index (χ3n) is 4.54. The molecule has 128 valence electrons. The number of nitrogens with zero attached hydrogens (tertiary/aromatic N) is 1. The molecule has 0 amide bonds. The predicted octanol–water partition coefficient (Wildman–Crippen LogP) is 4.01. The molecule has 0 bridgehead atoms. The van der Waals surface area contributed by atoms with Crippen molar-refractivity contribution in [3.05, 3.63) is 23.9 Å². The van der Waals surface area contributed by atoms with Gasteiger partial charge < -0.3 is 9.45 Å². The van der Waals surface area contributed by atoms with Crippen LogP contribution < -0.4 is 0 Å². The topological polar surface area (TPSA) is 40.5 Å². The van der Waals surface area contributed by atoms with E-state index in [-0.39, 0.29) is 12.6 Å². The number of rotatable bonds is 10. The van der Waals surface area contributed by atoms with E-state index in [0.717, 1.165) is 25.9 Å². The zero-order valence-corrected chi connectivity index (χ0v) is 14.8. The van der Waals surface area contributed by atoms with Crippen molar-refractivity contribution in [3.63, 3.8) is 0 Å². The Kier molecular flexibility index (Phi) is 8.95. The highest BCUT2D eigenvalue weighted by atomic mass is 32.2. The van der Waals surface area contributed by atoms with Gasteiger partial charge in [-0.05, 0) is 43.1 Å². The summed E-state index contributed by atoms with van der Waals surface area (Å²) in [5.41, 5.74) is 1.20. The van der Waals surface area contributed by atoms with Gasteiger partial charge in [0.05, 0.1) is 12.4 Å². The van der Waals surface area contributed by atoms with Crippen molar-refractivity contribution in [1.82, 2.24) is 4.90 Å². The molecule has 0 aliphatic heterocycles. The SMILES string of the molecule is CCCN(CCCS(=O)O)C1=CC[C@@H]([C@@H](C)[C@H](C)CF)C=C1. The Balaban J connectivity index is 2.58. The summed E-state index contributed by atoms with van der Waals surface area (Å²) in [7, 11) is 0. The number of alkyl halides is 1. The monoisotopic (exact) mass is 331 g/mol. The van der Waals surface area contributed by atoms with Gasteiger partial charge in [0.25, 0.3) is 0 Å². The van der Waals surface area contributed by atoms with Crippen LogP contribution in [0.1, 0.15) is 40.0 Å². The van der Waals surface area contributed by atoms with Crippen molar-refractivity contribution in [1.29, 1.82) is 0 Å². The minimum Gasteiger partial charge on any atom is -0.372 e. The Hall–Kier alpha value is -0.680. The summed E-state index contributed by atoms with van der Waals surface area (Å²) in [6.45, 7) is 7.72. The van der Waals surface area contributed by atoms with E-state index in [4.69, 9.17) is 4.55 Å². The Bertz CT molecular complexity index is 411. The molecule has 1 unspecified atom stereocenters. The fourth-order valence-corrected chi connectivity index (χ4v) is 3.21. The first-order valence-corrected chi connectivity index (χ1v) is 9.53. The summed E-state index contributed by atoms with van der Waals surface area (Å²) >= 11 is -1.71. The summed E-state index contributed by atoms with van der Waals surface area (Å²) in [4.78, 5) is 2.28. The third kappa shape index (κ3) is 6.21. The van der Waals surface area contributed by atoms with Crippen LogP contribution in [0.4, 0.5) is 4.39 Å². The Morgan fingerprint density at radius 3 is 2.68 bits per heavy atom. The van der Waals surface area contributed by atoms with Crippen LogP contribution in [-0.4, -0.2) is 39.2 Å². The maximum atomic E-state index is 12.8. The molecule has 3 nitrogen and oxygen atoms in total. The van der Waals surface area contributed by atoms with Crippen LogP contribution in [0.2, 0.25) is 0 Å². The molecule has 1 rings (SSSR count). The molecule has 1 aliphatic rings. The summed E-state index contributed by atoms with van der Waals surface area (Å²) in [6.07, 6.45) is 9.29. The lowest BCUT2D eigenvalue weighted by atomic mass is 9.80. The molecule has 5 heteroatoms. The van der Waals surface area contributed by atoms with Gasteiger partial charge in [-0.25, -0.2) is 4.21 Å². The molecule has 0 saturated heterocycles. The summed E-state index contributed by atoms with van der Waals surface area (Å²) < 4.78 is 32.4. The van der Waals surface area contributed by atoms with Gasteiger partial charge in [-0.15, -0.1) is 0 Å². The van der Waals surface area contributed by atoms with Gasteiger partial charge in [0.1, 0.15) is 0 Å². The van der Waals surface area contributed by atoms with Crippen LogP contribution in [-0.2, 0) is 11.1 Å². The third-order valence-corrected chi connectivity index (χ3v) is 5.17. The zero-order chi connectivity index (χ0) is 16.5. The Labute approximate surface area is 136 Å². The van der Waals surface area contributed by atoms with Gasteiger partial charge in [0.2, 0.25) is 0 Å². The fourth-order valence-electron chi connectivity index (χ4n) is 2.83. The summed E-state index contributed by atoms with van der Waals surface area (Å²) in [5, 5.41) is 0. The van der Waals surface area contributed by atoms with Crippen molar-refractivity contribution in [2.75, 3.05) is 25.5 Å². The highest BCUT2D eigenvalue weighted by Crippen LogP contribution is 2.30. The highest BCUT2D eigenvalue weighted by Gasteiger charge is 2.22. The van der Waals surface area contributed by atoms with Crippen molar-refractivity contribution in [2.24, 2.45) is 17.8 Å². The normalized spacial score (nSPS) is 22.0. The lowest BCUT2D eigenvalue weighted by Gasteiger charge is -2.31. The van der Waals surface area contributed by atoms with Gasteiger partial charge in [0.15, 0.2) is 11.1 Å². The van der Waals surface area contributed by atoms with E-state index in [1.807, 2.05) is 6.92 Å². The molecule has 0 heterocycles. The molecule has 4 atom stereocenters. The molecule has 0 aromatic heterocycles. The largest absolute Gasteiger partial charge is 0.372 e. The summed E-state index contributed by atoms with van der Waals surface area (Å²) in [6, 6.07) is 0. The molecule has 1 N–H and O–H groups in total. The van der Waals surface area contributed by atoms with E-state index < -0.39 is 11.1 Å². The first-order valence-electron chi connectivity index (χ1n) is 8.26. The summed E-state index contributed by atoms with van der Waals surface area (Å²) in [5.74, 6) is 1.17. The molecule has 1 aliphatic carbocycles. The lowest BCUT2D eigenvalue weighted by molar-refractivity contribution is 0.245. The van der Waals surface area contributed by atoms with Crippen molar-refractivity contribution in [2.45, 2.75) is 40.0 Å². The van der Waals surface area contributed by atoms with Crippen LogP contribution in [0.25, 0.3) is 0 Å². The van der Waals surface area contributed by atoms with Crippen LogP contribution in [0.15, 0.2) is 23.9 Å². The molecule has 0 saturated carbocycles. The predicted molar refractivity (Wildman–Crippen MR) is 91.8 cm³/mol. The van der Waals surface area contributed by atoms with Gasteiger partial charge in [0, 0.05) is 18.8 Å². The van der Waals surface area contributed by atoms with Crippen LogP contribution >= 0.6 is 0 Å². The van der Waals surface area contributed by atoms with Gasteiger partial charge in [-0.1, -0.05) is 32.9 Å². The first-order chi connectivity index (χ1) is 10.5. The Morgan fingerprint density at radius 1 is 1.45 bits per heavy atom. The number of halogens is 1. The van der Waals surface area contributed by atoms with E-state index in [9.17, 15) is 8.60 Å². The molecule has 0 radical (unpaired) electrons. The van der Waals surface area contributed by atoms with E-state index in [0.29, 0.717) is 24.0 Å². The molecule has 0 fully saturated rings. The second-order valence-electron chi connectivity index (χ2n) is 6.24. The standard InChI is InChI=1S/C17H30FNO2S/c1-4-10-19(11-5-12-22(20)21)17-8-6-16(7-9-17)15(3)14(2)13-18/h6,8-9,14-16H,4-5,7,10-13H2,1-3H3,(H,20,21)/t14-,15+,16+/m1/s1. The van der Waals surface area contributed by atoms with Crippen molar-refractivity contribution < 1.29 is 13.2 Å². The average Bonchev–Trinajstić information content (AvgIpc) is 2.52. The van der Waals surface area contributed by atoms with Gasteiger partial charge in [-0.2, -0.15) is 0 Å². The number of hydrogen-bond donors (Lipinski definition) is 1. The minimum absolute atomic E-state index is 0.0934. The molecular weight excluding hydrogens is 301 g/mol. The van der Waals surface area contributed by atoms with Gasteiger partial charge >= 0.3 is 0 Å². The fraction of sp³-hybridized carbons (Fsp3) is 0.765. The first kappa shape index (κ1) is 19.4. The van der Waals surface area contributed by atoms with Gasteiger partial charge in [-0.3, -0.25) is 4.39 Å². The molecule has 0 spiro atoms. The maximum Gasteiger partial charge on any atom is 0.152 e. The Morgan fingerprint density at radius 2 is 2.18 bits per heavy atom. The minimum atomic E-state index is -1.71. The highest BCUT2D eigenvalue weighted by molar-refractivity contribution is 7.79. The molecule has 0 aromatic rings. The van der Waals surface area contributed by atoms with Crippen LogP contribution in [0, 0.1) is 17.8 Å². The van der Waals surface area contributed by atoms with E-state index >= 15 is 0 Å². The zero-order valence-electron chi connectivity index (χ0n) is 14.0. The van der Waals surface area contributed by atoms with Crippen LogP contribution in [0.3, 0.4) is 0 Å². The van der Waals surface area contributed by atoms with E-state index in [1.54, 1.807) is 0 Å².